The molecule has 0 saturated heterocycles. The zero-order chi connectivity index (χ0) is 26.8. The normalized spacial score (nSPS) is 16.3. The van der Waals surface area contributed by atoms with Crippen molar-refractivity contribution in [1.82, 2.24) is 25.3 Å². The molecule has 38 heavy (non-hydrogen) atoms. The fourth-order valence-corrected chi connectivity index (χ4v) is 4.29. The lowest BCUT2D eigenvalue weighted by molar-refractivity contribution is 0.0946. The Balaban J connectivity index is 1.53. The molecule has 3 aromatic heterocycles. The summed E-state index contributed by atoms with van der Waals surface area (Å²) in [5, 5.41) is 7.39. The van der Waals surface area contributed by atoms with Crippen molar-refractivity contribution in [3.05, 3.63) is 70.3 Å². The topological polar surface area (TPSA) is 111 Å². The SMILES string of the molecule is COc1cnc(C(F)F)cc1-c1cc(-n2cccc(F)c2=O)ncc1C(=O)NC1NN=C(C#CC2CC2)S1. The molecule has 1 aliphatic carbocycles. The number of rotatable bonds is 6. The number of aromatic nitrogens is 3. The van der Waals surface area contributed by atoms with Gasteiger partial charge in [0.1, 0.15) is 17.3 Å². The van der Waals surface area contributed by atoms with Crippen LogP contribution in [0.4, 0.5) is 13.2 Å². The third kappa shape index (κ3) is 5.35. The first kappa shape index (κ1) is 25.3. The van der Waals surface area contributed by atoms with Crippen molar-refractivity contribution in [3.8, 4) is 34.5 Å². The summed E-state index contributed by atoms with van der Waals surface area (Å²) >= 11 is 1.21. The van der Waals surface area contributed by atoms with Crippen molar-refractivity contribution < 1.29 is 22.7 Å². The number of methoxy groups -OCH3 is 1. The van der Waals surface area contributed by atoms with Crippen molar-refractivity contribution in [2.24, 2.45) is 11.0 Å². The van der Waals surface area contributed by atoms with Gasteiger partial charge in [-0.15, -0.1) is 0 Å². The van der Waals surface area contributed by atoms with Crippen LogP contribution in [0, 0.1) is 23.6 Å². The van der Waals surface area contributed by atoms with E-state index in [-0.39, 0.29) is 28.3 Å². The standard InChI is InChI=1S/C25H19F3N6O3S/c1-37-19-12-29-18(22(27)28)9-15(19)14-10-20(34-8-2-3-17(26)24(34)36)30-11-16(14)23(35)31-25-33-32-21(38-25)7-6-13-4-5-13/h2-3,8-13,22,25,33H,4-5H2,1H3,(H,31,35). The molecule has 1 fully saturated rings. The number of ether oxygens (including phenoxy) is 1. The minimum absolute atomic E-state index is 0.0113. The summed E-state index contributed by atoms with van der Waals surface area (Å²) in [5.74, 6) is 4.89. The van der Waals surface area contributed by atoms with Crippen LogP contribution in [0.3, 0.4) is 0 Å². The van der Waals surface area contributed by atoms with Gasteiger partial charge in [-0.25, -0.2) is 18.2 Å². The van der Waals surface area contributed by atoms with E-state index in [4.69, 9.17) is 4.74 Å². The van der Waals surface area contributed by atoms with Crippen LogP contribution in [0.5, 0.6) is 5.75 Å². The Labute approximate surface area is 218 Å². The molecule has 0 spiro atoms. The highest BCUT2D eigenvalue weighted by Crippen LogP contribution is 2.35. The molecular weight excluding hydrogens is 521 g/mol. The first-order chi connectivity index (χ1) is 18.3. The Kier molecular flexibility index (Phi) is 7.06. The number of halogens is 3. The van der Waals surface area contributed by atoms with E-state index in [9.17, 15) is 22.8 Å². The number of alkyl halides is 2. The van der Waals surface area contributed by atoms with E-state index in [1.165, 1.54) is 43.4 Å². The molecule has 1 unspecified atom stereocenters. The van der Waals surface area contributed by atoms with E-state index in [0.29, 0.717) is 11.0 Å². The molecule has 0 radical (unpaired) electrons. The molecule has 0 aromatic carbocycles. The third-order valence-corrected chi connectivity index (χ3v) is 6.52. The Morgan fingerprint density at radius 2 is 2.08 bits per heavy atom. The van der Waals surface area contributed by atoms with E-state index < -0.39 is 34.9 Å². The molecule has 2 N–H and O–H groups in total. The molecule has 1 atom stereocenters. The van der Waals surface area contributed by atoms with Crippen LogP contribution in [0.1, 0.15) is 35.3 Å². The van der Waals surface area contributed by atoms with Gasteiger partial charge >= 0.3 is 0 Å². The largest absolute Gasteiger partial charge is 0.494 e. The van der Waals surface area contributed by atoms with Gasteiger partial charge < -0.3 is 10.1 Å². The van der Waals surface area contributed by atoms with Gasteiger partial charge in [0.25, 0.3) is 17.9 Å². The monoisotopic (exact) mass is 540 g/mol. The molecule has 5 rings (SSSR count). The average Bonchev–Trinajstić information content (AvgIpc) is 3.65. The molecule has 2 aliphatic rings. The lowest BCUT2D eigenvalue weighted by atomic mass is 10.00. The van der Waals surface area contributed by atoms with E-state index in [0.717, 1.165) is 35.7 Å². The summed E-state index contributed by atoms with van der Waals surface area (Å²) in [4.78, 5) is 33.6. The quantitative estimate of drug-likeness (QED) is 0.461. The van der Waals surface area contributed by atoms with Crippen molar-refractivity contribution in [3.63, 3.8) is 0 Å². The summed E-state index contributed by atoms with van der Waals surface area (Å²) in [5.41, 5.74) is 0.836. The van der Waals surface area contributed by atoms with Gasteiger partial charge in [0, 0.05) is 29.4 Å². The van der Waals surface area contributed by atoms with Crippen LogP contribution in [-0.2, 0) is 0 Å². The predicted octanol–water partition coefficient (Wildman–Crippen LogP) is 3.46. The Morgan fingerprint density at radius 1 is 1.26 bits per heavy atom. The van der Waals surface area contributed by atoms with Crippen molar-refractivity contribution in [2.45, 2.75) is 24.8 Å². The first-order valence-corrected chi connectivity index (χ1v) is 12.2. The summed E-state index contributed by atoms with van der Waals surface area (Å²) in [7, 11) is 1.32. The zero-order valence-electron chi connectivity index (χ0n) is 19.7. The minimum Gasteiger partial charge on any atom is -0.494 e. The maximum Gasteiger partial charge on any atom is 0.292 e. The maximum absolute atomic E-state index is 14.0. The van der Waals surface area contributed by atoms with Crippen LogP contribution < -0.4 is 21.0 Å². The summed E-state index contributed by atoms with van der Waals surface area (Å²) in [6, 6.07) is 4.72. The van der Waals surface area contributed by atoms with Crippen LogP contribution in [0.2, 0.25) is 0 Å². The number of carbonyl (C=O) groups is 1. The van der Waals surface area contributed by atoms with Gasteiger partial charge in [0.2, 0.25) is 0 Å². The van der Waals surface area contributed by atoms with Gasteiger partial charge in [-0.3, -0.25) is 24.6 Å². The molecule has 0 bridgehead atoms. The van der Waals surface area contributed by atoms with Crippen molar-refractivity contribution in [1.29, 1.82) is 0 Å². The van der Waals surface area contributed by atoms with Crippen LogP contribution in [0.15, 0.2) is 52.8 Å². The smallest absolute Gasteiger partial charge is 0.292 e. The summed E-state index contributed by atoms with van der Waals surface area (Å²) < 4.78 is 47.2. The molecule has 3 aromatic rings. The van der Waals surface area contributed by atoms with E-state index in [1.807, 2.05) is 0 Å². The second-order valence-electron chi connectivity index (χ2n) is 8.29. The van der Waals surface area contributed by atoms with Crippen LogP contribution in [-0.4, -0.2) is 38.1 Å². The number of hydrogen-bond acceptors (Lipinski definition) is 8. The molecule has 4 heterocycles. The Hall–Kier alpha value is -4.31. The number of nitrogens with zero attached hydrogens (tertiary/aromatic N) is 4. The minimum atomic E-state index is -2.89. The number of nitrogens with one attached hydrogen (secondary N) is 2. The lowest BCUT2D eigenvalue weighted by Gasteiger charge is -2.17. The van der Waals surface area contributed by atoms with Crippen molar-refractivity contribution in [2.75, 3.05) is 7.11 Å². The third-order valence-electron chi connectivity index (χ3n) is 5.64. The Morgan fingerprint density at radius 3 is 2.82 bits per heavy atom. The van der Waals surface area contributed by atoms with Crippen molar-refractivity contribution >= 4 is 22.7 Å². The second kappa shape index (κ2) is 10.6. The molecule has 194 valence electrons. The summed E-state index contributed by atoms with van der Waals surface area (Å²) in [6.07, 6.45) is 2.82. The van der Waals surface area contributed by atoms with Gasteiger partial charge in [-0.1, -0.05) is 5.92 Å². The first-order valence-electron chi connectivity index (χ1n) is 11.4. The van der Waals surface area contributed by atoms with Gasteiger partial charge in [-0.05, 0) is 54.8 Å². The molecule has 1 saturated carbocycles. The number of thioether (sulfide) groups is 1. The van der Waals surface area contributed by atoms with Gasteiger partial charge in [0.15, 0.2) is 16.4 Å². The zero-order valence-corrected chi connectivity index (χ0v) is 20.6. The second-order valence-corrected chi connectivity index (χ2v) is 9.38. The highest BCUT2D eigenvalue weighted by Gasteiger charge is 2.26. The van der Waals surface area contributed by atoms with E-state index >= 15 is 0 Å². The van der Waals surface area contributed by atoms with Crippen LogP contribution in [0.25, 0.3) is 16.9 Å². The fraction of sp³-hybridized carbons (Fsp3) is 0.240. The molecule has 1 aliphatic heterocycles. The van der Waals surface area contributed by atoms with Gasteiger partial charge in [-0.2, -0.15) is 5.10 Å². The predicted molar refractivity (Wildman–Crippen MR) is 134 cm³/mol. The highest BCUT2D eigenvalue weighted by molar-refractivity contribution is 8.15. The number of pyridine rings is 3. The average molecular weight is 541 g/mol. The van der Waals surface area contributed by atoms with Gasteiger partial charge in [0.05, 0.1) is 18.9 Å². The molecule has 13 heteroatoms. The number of hydrazone groups is 1. The summed E-state index contributed by atoms with van der Waals surface area (Å²) in [6.45, 7) is 0. The van der Waals surface area contributed by atoms with E-state index in [1.54, 1.807) is 0 Å². The molecular formula is C25H19F3N6O3S. The maximum atomic E-state index is 14.0. The number of hydrogen-bond donors (Lipinski definition) is 2. The Bertz CT molecular complexity index is 1560. The highest BCUT2D eigenvalue weighted by atomic mass is 32.2. The fourth-order valence-electron chi connectivity index (χ4n) is 3.57. The molecule has 9 nitrogen and oxygen atoms in total. The van der Waals surface area contributed by atoms with Crippen LogP contribution >= 0.6 is 11.8 Å². The lowest BCUT2D eigenvalue weighted by Crippen LogP contribution is -2.39. The number of amides is 1. The molecule has 1 amide bonds. The van der Waals surface area contributed by atoms with E-state index in [2.05, 4.69) is 37.7 Å². The number of carbonyl (C=O) groups excluding carboxylic acids is 1.